The monoisotopic (exact) mass is 412 g/mol. The Bertz CT molecular complexity index is 798. The lowest BCUT2D eigenvalue weighted by molar-refractivity contribution is -0.133. The van der Waals surface area contributed by atoms with E-state index in [1.54, 1.807) is 0 Å². The number of thioether (sulfide) groups is 1. The molecule has 0 unspecified atom stereocenters. The van der Waals surface area contributed by atoms with Crippen LogP contribution in [0.1, 0.15) is 63.1 Å². The lowest BCUT2D eigenvalue weighted by Gasteiger charge is -2.38. The largest absolute Gasteiger partial charge is 0.335 e. The topological polar surface area (TPSA) is 85.2 Å². The van der Waals surface area contributed by atoms with Crippen molar-refractivity contribution in [1.82, 2.24) is 19.7 Å². The zero-order chi connectivity index (χ0) is 19.0. The van der Waals surface area contributed by atoms with Gasteiger partial charge in [-0.1, -0.05) is 31.0 Å². The zero-order valence-corrected chi connectivity index (χ0v) is 17.5. The minimum absolute atomic E-state index is 0.0463. The van der Waals surface area contributed by atoms with Crippen LogP contribution in [-0.4, -0.2) is 63.3 Å². The van der Waals surface area contributed by atoms with Crippen molar-refractivity contribution in [2.75, 3.05) is 17.3 Å². The van der Waals surface area contributed by atoms with E-state index in [4.69, 9.17) is 0 Å². The molecule has 1 saturated heterocycles. The van der Waals surface area contributed by atoms with Gasteiger partial charge in [0.15, 0.2) is 15.0 Å². The van der Waals surface area contributed by atoms with Gasteiger partial charge in [0, 0.05) is 25.0 Å². The summed E-state index contributed by atoms with van der Waals surface area (Å²) in [5.41, 5.74) is 0. The third-order valence-corrected chi connectivity index (χ3v) is 8.75. The fraction of sp³-hybridized carbons (Fsp3) is 0.833. The van der Waals surface area contributed by atoms with Crippen molar-refractivity contribution in [1.29, 1.82) is 0 Å². The third kappa shape index (κ3) is 4.34. The van der Waals surface area contributed by atoms with Crippen molar-refractivity contribution >= 4 is 27.5 Å². The Kier molecular flexibility index (Phi) is 5.51. The summed E-state index contributed by atoms with van der Waals surface area (Å²) in [5.74, 6) is 2.20. The van der Waals surface area contributed by atoms with Crippen LogP contribution in [0.2, 0.25) is 0 Å². The number of nitrogens with zero attached hydrogens (tertiary/aromatic N) is 4. The highest BCUT2D eigenvalue weighted by Crippen LogP contribution is 2.39. The van der Waals surface area contributed by atoms with Gasteiger partial charge in [0.2, 0.25) is 5.91 Å². The number of hydrogen-bond donors (Lipinski definition) is 0. The summed E-state index contributed by atoms with van der Waals surface area (Å²) in [6.45, 7) is 0. The molecule has 2 aliphatic carbocycles. The number of rotatable bonds is 6. The summed E-state index contributed by atoms with van der Waals surface area (Å²) in [4.78, 5) is 15.1. The minimum atomic E-state index is -3.01. The van der Waals surface area contributed by atoms with E-state index in [1.165, 1.54) is 31.0 Å². The zero-order valence-electron chi connectivity index (χ0n) is 15.8. The number of amides is 1. The molecule has 1 atom stereocenters. The maximum Gasteiger partial charge on any atom is 0.233 e. The maximum absolute atomic E-state index is 13.1. The van der Waals surface area contributed by atoms with Crippen molar-refractivity contribution in [2.45, 2.75) is 74.5 Å². The molecule has 1 aliphatic heterocycles. The smallest absolute Gasteiger partial charge is 0.233 e. The average molecular weight is 413 g/mol. The summed E-state index contributed by atoms with van der Waals surface area (Å²) in [6, 6.07) is 0.0272. The SMILES string of the molecule is Cn1c(SCC(=O)N(C2CCCCC2)[C@H]2CCS(=O)(=O)C2)nnc1C1CC1. The molecule has 3 fully saturated rings. The van der Waals surface area contributed by atoms with Gasteiger partial charge in [0.1, 0.15) is 5.82 Å². The van der Waals surface area contributed by atoms with Crippen LogP contribution in [0.15, 0.2) is 5.16 Å². The van der Waals surface area contributed by atoms with Crippen LogP contribution in [0, 0.1) is 0 Å². The van der Waals surface area contributed by atoms with Gasteiger partial charge in [0.05, 0.1) is 17.3 Å². The Labute approximate surface area is 165 Å². The van der Waals surface area contributed by atoms with Crippen molar-refractivity contribution in [2.24, 2.45) is 7.05 Å². The molecule has 0 radical (unpaired) electrons. The lowest BCUT2D eigenvalue weighted by Crippen LogP contribution is -2.49. The highest BCUT2D eigenvalue weighted by molar-refractivity contribution is 7.99. The average Bonchev–Trinajstić information content (AvgIpc) is 3.33. The van der Waals surface area contributed by atoms with Crippen LogP contribution in [-0.2, 0) is 21.7 Å². The van der Waals surface area contributed by atoms with Crippen LogP contribution in [0.3, 0.4) is 0 Å². The van der Waals surface area contributed by atoms with Crippen LogP contribution < -0.4 is 0 Å². The molecule has 27 heavy (non-hydrogen) atoms. The van der Waals surface area contributed by atoms with E-state index in [1.807, 2.05) is 16.5 Å². The van der Waals surface area contributed by atoms with Crippen LogP contribution in [0.5, 0.6) is 0 Å². The van der Waals surface area contributed by atoms with Gasteiger partial charge in [-0.15, -0.1) is 10.2 Å². The van der Waals surface area contributed by atoms with Gasteiger partial charge in [-0.3, -0.25) is 4.79 Å². The molecule has 3 aliphatic rings. The van der Waals surface area contributed by atoms with E-state index in [9.17, 15) is 13.2 Å². The molecular weight excluding hydrogens is 384 g/mol. The van der Waals surface area contributed by atoms with E-state index in [2.05, 4.69) is 10.2 Å². The van der Waals surface area contributed by atoms with E-state index in [-0.39, 0.29) is 29.5 Å². The molecule has 150 valence electrons. The molecule has 2 heterocycles. The molecule has 1 amide bonds. The first-order chi connectivity index (χ1) is 12.9. The van der Waals surface area contributed by atoms with Gasteiger partial charge in [-0.05, 0) is 32.1 Å². The minimum Gasteiger partial charge on any atom is -0.335 e. The van der Waals surface area contributed by atoms with Crippen molar-refractivity contribution < 1.29 is 13.2 Å². The Morgan fingerprint density at radius 2 is 1.85 bits per heavy atom. The lowest BCUT2D eigenvalue weighted by atomic mass is 9.93. The number of aromatic nitrogens is 3. The second-order valence-corrected chi connectivity index (χ2v) is 11.3. The van der Waals surface area contributed by atoms with Crippen molar-refractivity contribution in [3.63, 3.8) is 0 Å². The van der Waals surface area contributed by atoms with Gasteiger partial charge in [-0.2, -0.15) is 0 Å². The van der Waals surface area contributed by atoms with Crippen LogP contribution in [0.25, 0.3) is 0 Å². The summed E-state index contributed by atoms with van der Waals surface area (Å²) < 4.78 is 26.0. The van der Waals surface area contributed by atoms with E-state index >= 15 is 0 Å². The van der Waals surface area contributed by atoms with Gasteiger partial charge in [0.25, 0.3) is 0 Å². The predicted octanol–water partition coefficient (Wildman–Crippen LogP) is 2.13. The molecule has 4 rings (SSSR count). The molecular formula is C18H28N4O3S2. The number of sulfone groups is 1. The van der Waals surface area contributed by atoms with Gasteiger partial charge >= 0.3 is 0 Å². The van der Waals surface area contributed by atoms with Gasteiger partial charge in [-0.25, -0.2) is 8.42 Å². The fourth-order valence-electron chi connectivity index (χ4n) is 4.41. The second-order valence-electron chi connectivity index (χ2n) is 8.11. The third-order valence-electron chi connectivity index (χ3n) is 5.99. The van der Waals surface area contributed by atoms with Crippen molar-refractivity contribution in [3.8, 4) is 0 Å². The van der Waals surface area contributed by atoms with E-state index < -0.39 is 9.84 Å². The van der Waals surface area contributed by atoms with Crippen LogP contribution in [0.4, 0.5) is 0 Å². The highest BCUT2D eigenvalue weighted by atomic mass is 32.2. The normalized spacial score (nSPS) is 25.6. The first-order valence-electron chi connectivity index (χ1n) is 9.98. The molecule has 0 spiro atoms. The first kappa shape index (κ1) is 19.2. The first-order valence-corrected chi connectivity index (χ1v) is 12.8. The Balaban J connectivity index is 1.45. The molecule has 0 N–H and O–H groups in total. The number of carbonyl (C=O) groups is 1. The van der Waals surface area contributed by atoms with Crippen LogP contribution >= 0.6 is 11.8 Å². The quantitative estimate of drug-likeness (QED) is 0.666. The number of hydrogen-bond acceptors (Lipinski definition) is 6. The maximum atomic E-state index is 13.1. The summed E-state index contributed by atoms with van der Waals surface area (Å²) in [7, 11) is -1.05. The van der Waals surface area contributed by atoms with E-state index in [0.717, 1.165) is 36.7 Å². The second kappa shape index (κ2) is 7.73. The summed E-state index contributed by atoms with van der Waals surface area (Å²) in [6.07, 6.45) is 8.34. The molecule has 2 saturated carbocycles. The van der Waals surface area contributed by atoms with Gasteiger partial charge < -0.3 is 9.47 Å². The highest BCUT2D eigenvalue weighted by Gasteiger charge is 2.38. The van der Waals surface area contributed by atoms with E-state index in [0.29, 0.717) is 18.1 Å². The molecule has 0 bridgehead atoms. The predicted molar refractivity (Wildman–Crippen MR) is 104 cm³/mol. The Morgan fingerprint density at radius 3 is 2.48 bits per heavy atom. The Hall–Kier alpha value is -1.09. The molecule has 1 aromatic heterocycles. The summed E-state index contributed by atoms with van der Waals surface area (Å²) >= 11 is 1.42. The molecule has 9 heteroatoms. The summed E-state index contributed by atoms with van der Waals surface area (Å²) in [5, 5.41) is 9.30. The number of carbonyl (C=O) groups excluding carboxylic acids is 1. The molecule has 7 nitrogen and oxygen atoms in total. The fourth-order valence-corrected chi connectivity index (χ4v) is 6.91. The molecule has 0 aromatic carbocycles. The van der Waals surface area contributed by atoms with Crippen molar-refractivity contribution in [3.05, 3.63) is 5.82 Å². The Morgan fingerprint density at radius 1 is 1.11 bits per heavy atom. The molecule has 1 aromatic rings. The standard InChI is InChI=1S/C18H28N4O3S2/c1-21-17(13-7-8-13)19-20-18(21)26-11-16(23)22(14-5-3-2-4-6-14)15-9-10-27(24,25)12-15/h13-15H,2-12H2,1H3/t15-/m0/s1.